The van der Waals surface area contributed by atoms with Crippen LogP contribution in [0.25, 0.3) is 0 Å². The SMILES string of the molecule is CC1(O)CCCN(c2ccc(C=O)c(Cl)c2)C1. The number of piperidine rings is 1. The van der Waals surface area contributed by atoms with Crippen molar-refractivity contribution in [2.75, 3.05) is 18.0 Å². The number of halogens is 1. The number of anilines is 1. The van der Waals surface area contributed by atoms with Crippen molar-refractivity contribution < 1.29 is 9.90 Å². The van der Waals surface area contributed by atoms with Crippen LogP contribution in [0, 0.1) is 0 Å². The smallest absolute Gasteiger partial charge is 0.151 e. The topological polar surface area (TPSA) is 40.5 Å². The average Bonchev–Trinajstić information content (AvgIpc) is 2.27. The molecule has 1 fully saturated rings. The van der Waals surface area contributed by atoms with Gasteiger partial charge in [0, 0.05) is 24.3 Å². The van der Waals surface area contributed by atoms with Crippen LogP contribution >= 0.6 is 11.6 Å². The van der Waals surface area contributed by atoms with Gasteiger partial charge in [-0.05, 0) is 38.0 Å². The highest BCUT2D eigenvalue weighted by Gasteiger charge is 2.28. The third-order valence-electron chi connectivity index (χ3n) is 3.15. The lowest BCUT2D eigenvalue weighted by molar-refractivity contribution is 0.0449. The lowest BCUT2D eigenvalue weighted by Gasteiger charge is -2.38. The first kappa shape index (κ1) is 12.4. The van der Waals surface area contributed by atoms with Gasteiger partial charge in [-0.15, -0.1) is 0 Å². The maximum atomic E-state index is 10.7. The number of carbonyl (C=O) groups excluding carboxylic acids is 1. The van der Waals surface area contributed by atoms with Crippen molar-refractivity contribution in [3.05, 3.63) is 28.8 Å². The second-order valence-electron chi connectivity index (χ2n) is 4.85. The van der Waals surface area contributed by atoms with Crippen LogP contribution in [0.5, 0.6) is 0 Å². The third-order valence-corrected chi connectivity index (χ3v) is 3.48. The first-order valence-electron chi connectivity index (χ1n) is 5.74. The molecule has 92 valence electrons. The van der Waals surface area contributed by atoms with Gasteiger partial charge in [-0.3, -0.25) is 4.79 Å². The molecular weight excluding hydrogens is 238 g/mol. The van der Waals surface area contributed by atoms with Gasteiger partial charge in [0.1, 0.15) is 0 Å². The van der Waals surface area contributed by atoms with Crippen LogP contribution in [0.4, 0.5) is 5.69 Å². The molecule has 0 bridgehead atoms. The average molecular weight is 254 g/mol. The van der Waals surface area contributed by atoms with Crippen LogP contribution in [-0.2, 0) is 0 Å². The van der Waals surface area contributed by atoms with Gasteiger partial charge in [-0.2, -0.15) is 0 Å². The standard InChI is InChI=1S/C13H16ClNO2/c1-13(17)5-2-6-15(9-13)11-4-3-10(8-16)12(14)7-11/h3-4,7-8,17H,2,5-6,9H2,1H3. The summed E-state index contributed by atoms with van der Waals surface area (Å²) in [6, 6.07) is 5.37. The van der Waals surface area contributed by atoms with Crippen LogP contribution < -0.4 is 4.90 Å². The maximum absolute atomic E-state index is 10.7. The van der Waals surface area contributed by atoms with Gasteiger partial charge in [0.05, 0.1) is 10.6 Å². The van der Waals surface area contributed by atoms with Crippen molar-refractivity contribution in [3.8, 4) is 0 Å². The second-order valence-corrected chi connectivity index (χ2v) is 5.25. The van der Waals surface area contributed by atoms with Crippen LogP contribution in [0.2, 0.25) is 5.02 Å². The molecule has 1 heterocycles. The second kappa shape index (κ2) is 4.67. The van der Waals surface area contributed by atoms with E-state index in [0.29, 0.717) is 17.1 Å². The molecule has 1 unspecified atom stereocenters. The van der Waals surface area contributed by atoms with Gasteiger partial charge in [0.2, 0.25) is 0 Å². The lowest BCUT2D eigenvalue weighted by atomic mass is 9.95. The molecule has 1 aliphatic rings. The molecule has 0 radical (unpaired) electrons. The van der Waals surface area contributed by atoms with Crippen molar-refractivity contribution in [3.63, 3.8) is 0 Å². The molecule has 17 heavy (non-hydrogen) atoms. The Kier molecular flexibility index (Phi) is 3.40. The Bertz CT molecular complexity index is 431. The number of aldehydes is 1. The summed E-state index contributed by atoms with van der Waals surface area (Å²) in [6.07, 6.45) is 2.53. The zero-order chi connectivity index (χ0) is 12.5. The molecule has 4 heteroatoms. The van der Waals surface area contributed by atoms with Crippen LogP contribution in [0.15, 0.2) is 18.2 Å². The summed E-state index contributed by atoms with van der Waals surface area (Å²) in [6.45, 7) is 3.36. The third kappa shape index (κ3) is 2.79. The summed E-state index contributed by atoms with van der Waals surface area (Å²) in [4.78, 5) is 12.8. The Balaban J connectivity index is 2.22. The van der Waals surface area contributed by atoms with E-state index >= 15 is 0 Å². The summed E-state index contributed by atoms with van der Waals surface area (Å²) in [5.74, 6) is 0. The minimum absolute atomic E-state index is 0.461. The van der Waals surface area contributed by atoms with E-state index in [1.807, 2.05) is 13.0 Å². The number of hydrogen-bond donors (Lipinski definition) is 1. The minimum Gasteiger partial charge on any atom is -0.388 e. The Morgan fingerprint density at radius 1 is 1.53 bits per heavy atom. The molecule has 1 aromatic carbocycles. The van der Waals surface area contributed by atoms with Gasteiger partial charge >= 0.3 is 0 Å². The Labute approximate surface area is 106 Å². The predicted molar refractivity (Wildman–Crippen MR) is 68.9 cm³/mol. The summed E-state index contributed by atoms with van der Waals surface area (Å²) in [5.41, 5.74) is 0.813. The van der Waals surface area contributed by atoms with Crippen molar-refractivity contribution in [2.24, 2.45) is 0 Å². The van der Waals surface area contributed by atoms with E-state index in [-0.39, 0.29) is 0 Å². The zero-order valence-corrected chi connectivity index (χ0v) is 10.6. The Morgan fingerprint density at radius 3 is 2.88 bits per heavy atom. The fourth-order valence-corrected chi connectivity index (χ4v) is 2.47. The fourth-order valence-electron chi connectivity index (χ4n) is 2.25. The summed E-state index contributed by atoms with van der Waals surface area (Å²) < 4.78 is 0. The van der Waals surface area contributed by atoms with Crippen molar-refractivity contribution in [2.45, 2.75) is 25.4 Å². The lowest BCUT2D eigenvalue weighted by Crippen LogP contribution is -2.46. The van der Waals surface area contributed by atoms with Crippen molar-refractivity contribution >= 4 is 23.6 Å². The molecule has 3 nitrogen and oxygen atoms in total. The van der Waals surface area contributed by atoms with E-state index in [2.05, 4.69) is 4.90 Å². The quantitative estimate of drug-likeness (QED) is 0.824. The predicted octanol–water partition coefficient (Wildman–Crippen LogP) is 2.50. The molecule has 1 atom stereocenters. The van der Waals surface area contributed by atoms with E-state index < -0.39 is 5.60 Å². The molecule has 0 spiro atoms. The first-order valence-corrected chi connectivity index (χ1v) is 6.12. The van der Waals surface area contributed by atoms with Crippen LogP contribution in [-0.4, -0.2) is 30.1 Å². The Morgan fingerprint density at radius 2 is 2.29 bits per heavy atom. The number of β-amino-alcohol motifs (C(OH)–C–C–N with tert-alkyl or cyclic N) is 1. The van der Waals surface area contributed by atoms with Gasteiger partial charge in [-0.1, -0.05) is 11.6 Å². The molecule has 1 aliphatic heterocycles. The molecule has 0 aliphatic carbocycles. The molecule has 0 saturated carbocycles. The molecule has 1 aromatic rings. The Hall–Kier alpha value is -1.06. The highest BCUT2D eigenvalue weighted by atomic mass is 35.5. The van der Waals surface area contributed by atoms with Gasteiger partial charge in [-0.25, -0.2) is 0 Å². The highest BCUT2D eigenvalue weighted by Crippen LogP contribution is 2.28. The van der Waals surface area contributed by atoms with Gasteiger partial charge < -0.3 is 10.0 Å². The number of hydrogen-bond acceptors (Lipinski definition) is 3. The molecule has 1 saturated heterocycles. The number of aliphatic hydroxyl groups is 1. The number of rotatable bonds is 2. The monoisotopic (exact) mass is 253 g/mol. The van der Waals surface area contributed by atoms with Gasteiger partial charge in [0.25, 0.3) is 0 Å². The van der Waals surface area contributed by atoms with Crippen molar-refractivity contribution in [1.82, 2.24) is 0 Å². The molecule has 0 amide bonds. The maximum Gasteiger partial charge on any atom is 0.151 e. The van der Waals surface area contributed by atoms with E-state index in [0.717, 1.165) is 31.4 Å². The molecule has 0 aromatic heterocycles. The summed E-state index contributed by atoms with van der Waals surface area (Å²) in [5, 5.41) is 10.5. The molecule has 1 N–H and O–H groups in total. The van der Waals surface area contributed by atoms with Crippen LogP contribution in [0.1, 0.15) is 30.1 Å². The zero-order valence-electron chi connectivity index (χ0n) is 9.82. The molecule has 2 rings (SSSR count). The van der Waals surface area contributed by atoms with E-state index in [4.69, 9.17) is 11.6 Å². The number of carbonyl (C=O) groups is 1. The van der Waals surface area contributed by atoms with E-state index in [1.165, 1.54) is 0 Å². The highest BCUT2D eigenvalue weighted by molar-refractivity contribution is 6.33. The van der Waals surface area contributed by atoms with Crippen molar-refractivity contribution in [1.29, 1.82) is 0 Å². The minimum atomic E-state index is -0.645. The first-order chi connectivity index (χ1) is 8.02. The van der Waals surface area contributed by atoms with E-state index in [9.17, 15) is 9.90 Å². The van der Waals surface area contributed by atoms with Crippen LogP contribution in [0.3, 0.4) is 0 Å². The summed E-state index contributed by atoms with van der Waals surface area (Å²) >= 11 is 6.00. The van der Waals surface area contributed by atoms with E-state index in [1.54, 1.807) is 12.1 Å². The van der Waals surface area contributed by atoms with Gasteiger partial charge in [0.15, 0.2) is 6.29 Å². The number of benzene rings is 1. The molecular formula is C13H16ClNO2. The summed E-state index contributed by atoms with van der Waals surface area (Å²) in [7, 11) is 0. The fraction of sp³-hybridized carbons (Fsp3) is 0.462. The normalized spacial score (nSPS) is 24.8. The largest absolute Gasteiger partial charge is 0.388 e. The number of nitrogens with zero attached hydrogens (tertiary/aromatic N) is 1.